The summed E-state index contributed by atoms with van der Waals surface area (Å²) in [4.78, 5) is 18.0. The molecule has 0 saturated carbocycles. The normalized spacial score (nSPS) is 10.9. The molecule has 106 valence electrons. The number of aromatic amines is 1. The second kappa shape index (κ2) is 6.29. The largest absolute Gasteiger partial charge is 0.342 e. The summed E-state index contributed by atoms with van der Waals surface area (Å²) in [6.07, 6.45) is 2.41. The predicted octanol–water partition coefficient (Wildman–Crippen LogP) is 2.53. The molecular weight excluding hydrogens is 256 g/mol. The van der Waals surface area contributed by atoms with Crippen LogP contribution in [0.2, 0.25) is 0 Å². The van der Waals surface area contributed by atoms with Crippen molar-refractivity contribution < 1.29 is 4.92 Å². The number of nitrogens with zero attached hydrogens (tertiary/aromatic N) is 2. The van der Waals surface area contributed by atoms with Crippen LogP contribution in [0.25, 0.3) is 11.3 Å². The molecule has 0 aliphatic carbocycles. The zero-order valence-corrected chi connectivity index (χ0v) is 11.6. The van der Waals surface area contributed by atoms with Gasteiger partial charge in [0.1, 0.15) is 5.82 Å². The van der Waals surface area contributed by atoms with Gasteiger partial charge in [-0.15, -0.1) is 0 Å². The molecule has 0 atom stereocenters. The van der Waals surface area contributed by atoms with Crippen LogP contribution in [-0.2, 0) is 6.42 Å². The Bertz CT molecular complexity index is 592. The highest BCUT2D eigenvalue weighted by atomic mass is 16.6. The minimum absolute atomic E-state index is 0.0861. The average Bonchev–Trinajstić information content (AvgIpc) is 2.87. The number of hydrogen-bond donors (Lipinski definition) is 2. The molecule has 0 fully saturated rings. The van der Waals surface area contributed by atoms with Crippen molar-refractivity contribution >= 4 is 5.69 Å². The van der Waals surface area contributed by atoms with Gasteiger partial charge in [-0.1, -0.05) is 26.0 Å². The van der Waals surface area contributed by atoms with Crippen LogP contribution < -0.4 is 5.32 Å². The summed E-state index contributed by atoms with van der Waals surface area (Å²) in [5.41, 5.74) is 1.33. The average molecular weight is 274 g/mol. The van der Waals surface area contributed by atoms with Gasteiger partial charge in [-0.3, -0.25) is 10.1 Å². The van der Waals surface area contributed by atoms with E-state index in [0.717, 1.165) is 18.8 Å². The molecule has 0 aliphatic rings. The molecule has 2 aromatic rings. The van der Waals surface area contributed by atoms with Crippen LogP contribution in [0.4, 0.5) is 5.69 Å². The SMILES string of the molecule is CC(C)NCCc1ncc(-c2ccccc2[N+](=O)[O-])[nH]1. The van der Waals surface area contributed by atoms with Gasteiger partial charge in [0.25, 0.3) is 5.69 Å². The Morgan fingerprint density at radius 3 is 2.85 bits per heavy atom. The van der Waals surface area contributed by atoms with E-state index in [1.807, 2.05) is 0 Å². The number of aromatic nitrogens is 2. The second-order valence-electron chi connectivity index (χ2n) is 4.88. The summed E-state index contributed by atoms with van der Waals surface area (Å²) in [5, 5.41) is 14.3. The standard InChI is InChI=1S/C14H18N4O2/c1-10(2)15-8-7-14-16-9-12(17-14)11-5-3-4-6-13(11)18(19)20/h3-6,9-10,15H,7-8H2,1-2H3,(H,16,17). The highest BCUT2D eigenvalue weighted by molar-refractivity contribution is 5.70. The Labute approximate surface area is 117 Å². The maximum absolute atomic E-state index is 11.0. The second-order valence-corrected chi connectivity index (χ2v) is 4.88. The smallest absolute Gasteiger partial charge is 0.278 e. The molecule has 6 nitrogen and oxygen atoms in total. The van der Waals surface area contributed by atoms with E-state index in [-0.39, 0.29) is 10.6 Å². The fourth-order valence-corrected chi connectivity index (χ4v) is 1.97. The van der Waals surface area contributed by atoms with E-state index in [9.17, 15) is 10.1 Å². The number of imidazole rings is 1. The topological polar surface area (TPSA) is 83.8 Å². The molecule has 0 amide bonds. The van der Waals surface area contributed by atoms with Gasteiger partial charge in [0.2, 0.25) is 0 Å². The summed E-state index contributed by atoms with van der Waals surface area (Å²) in [6.45, 7) is 4.99. The Kier molecular flexibility index (Phi) is 4.47. The maximum Gasteiger partial charge on any atom is 0.278 e. The molecule has 0 radical (unpaired) electrons. The lowest BCUT2D eigenvalue weighted by Gasteiger charge is -2.05. The molecule has 1 aromatic carbocycles. The summed E-state index contributed by atoms with van der Waals surface area (Å²) in [6, 6.07) is 7.09. The van der Waals surface area contributed by atoms with Gasteiger partial charge < -0.3 is 10.3 Å². The summed E-state index contributed by atoms with van der Waals surface area (Å²) < 4.78 is 0. The van der Waals surface area contributed by atoms with Crippen LogP contribution in [0, 0.1) is 10.1 Å². The molecule has 2 N–H and O–H groups in total. The van der Waals surface area contributed by atoms with Crippen LogP contribution in [0.1, 0.15) is 19.7 Å². The molecule has 0 saturated heterocycles. The Morgan fingerprint density at radius 1 is 1.40 bits per heavy atom. The van der Waals surface area contributed by atoms with Gasteiger partial charge in [0, 0.05) is 25.1 Å². The Morgan fingerprint density at radius 2 is 2.15 bits per heavy atom. The third-order valence-electron chi connectivity index (χ3n) is 2.93. The van der Waals surface area contributed by atoms with Gasteiger partial charge in [0.05, 0.1) is 22.4 Å². The van der Waals surface area contributed by atoms with Gasteiger partial charge in [-0.05, 0) is 6.07 Å². The minimum Gasteiger partial charge on any atom is -0.342 e. The van der Waals surface area contributed by atoms with Crippen LogP contribution in [0.5, 0.6) is 0 Å². The number of rotatable bonds is 6. The molecular formula is C14H18N4O2. The summed E-state index contributed by atoms with van der Waals surface area (Å²) >= 11 is 0. The Balaban J connectivity index is 2.15. The molecule has 0 spiro atoms. The maximum atomic E-state index is 11.0. The first kappa shape index (κ1) is 14.2. The van der Waals surface area contributed by atoms with Crippen molar-refractivity contribution in [3.05, 3.63) is 46.4 Å². The lowest BCUT2D eigenvalue weighted by molar-refractivity contribution is -0.384. The van der Waals surface area contributed by atoms with E-state index in [2.05, 4.69) is 29.1 Å². The first-order valence-electron chi connectivity index (χ1n) is 6.59. The quantitative estimate of drug-likeness (QED) is 0.626. The van der Waals surface area contributed by atoms with Gasteiger partial charge in [0.15, 0.2) is 0 Å². The van der Waals surface area contributed by atoms with Crippen molar-refractivity contribution in [1.29, 1.82) is 0 Å². The minimum atomic E-state index is -0.379. The van der Waals surface area contributed by atoms with E-state index in [1.54, 1.807) is 24.4 Å². The number of para-hydroxylation sites is 1. The Hall–Kier alpha value is -2.21. The van der Waals surface area contributed by atoms with Crippen LogP contribution in [0.15, 0.2) is 30.5 Å². The molecule has 0 unspecified atom stereocenters. The number of hydrogen-bond acceptors (Lipinski definition) is 4. The molecule has 20 heavy (non-hydrogen) atoms. The third-order valence-corrected chi connectivity index (χ3v) is 2.93. The van der Waals surface area contributed by atoms with E-state index < -0.39 is 0 Å². The molecule has 2 rings (SSSR count). The fraction of sp³-hybridized carbons (Fsp3) is 0.357. The van der Waals surface area contributed by atoms with Crippen LogP contribution in [0.3, 0.4) is 0 Å². The number of benzene rings is 1. The first-order chi connectivity index (χ1) is 9.58. The van der Waals surface area contributed by atoms with Crippen molar-refractivity contribution in [2.75, 3.05) is 6.54 Å². The molecule has 0 aliphatic heterocycles. The van der Waals surface area contributed by atoms with Crippen molar-refractivity contribution in [3.63, 3.8) is 0 Å². The number of H-pyrrole nitrogens is 1. The predicted molar refractivity (Wildman–Crippen MR) is 77.5 cm³/mol. The summed E-state index contributed by atoms with van der Waals surface area (Å²) in [5.74, 6) is 0.825. The van der Waals surface area contributed by atoms with E-state index in [0.29, 0.717) is 17.3 Å². The van der Waals surface area contributed by atoms with Gasteiger partial charge >= 0.3 is 0 Å². The molecule has 1 aromatic heterocycles. The monoisotopic (exact) mass is 274 g/mol. The zero-order chi connectivity index (χ0) is 14.5. The van der Waals surface area contributed by atoms with Crippen molar-refractivity contribution in [2.24, 2.45) is 0 Å². The van der Waals surface area contributed by atoms with Crippen LogP contribution >= 0.6 is 0 Å². The number of nitro groups is 1. The molecule has 0 bridgehead atoms. The van der Waals surface area contributed by atoms with Crippen molar-refractivity contribution in [3.8, 4) is 11.3 Å². The highest BCUT2D eigenvalue weighted by Crippen LogP contribution is 2.27. The van der Waals surface area contributed by atoms with Gasteiger partial charge in [-0.2, -0.15) is 0 Å². The lowest BCUT2D eigenvalue weighted by atomic mass is 10.1. The zero-order valence-electron chi connectivity index (χ0n) is 11.6. The van der Waals surface area contributed by atoms with Gasteiger partial charge in [-0.25, -0.2) is 4.98 Å². The van der Waals surface area contributed by atoms with E-state index in [4.69, 9.17) is 0 Å². The molecule has 1 heterocycles. The number of nitro benzene ring substituents is 1. The number of nitrogens with one attached hydrogen (secondary N) is 2. The lowest BCUT2D eigenvalue weighted by Crippen LogP contribution is -2.25. The van der Waals surface area contributed by atoms with Crippen LogP contribution in [-0.4, -0.2) is 27.5 Å². The van der Waals surface area contributed by atoms with E-state index in [1.165, 1.54) is 6.07 Å². The molecule has 6 heteroatoms. The van der Waals surface area contributed by atoms with Crippen molar-refractivity contribution in [2.45, 2.75) is 26.3 Å². The summed E-state index contributed by atoms with van der Waals surface area (Å²) in [7, 11) is 0. The highest BCUT2D eigenvalue weighted by Gasteiger charge is 2.15. The van der Waals surface area contributed by atoms with E-state index >= 15 is 0 Å². The van der Waals surface area contributed by atoms with Crippen molar-refractivity contribution in [1.82, 2.24) is 15.3 Å². The third kappa shape index (κ3) is 3.42. The first-order valence-corrected chi connectivity index (χ1v) is 6.59. The fourth-order valence-electron chi connectivity index (χ4n) is 1.97.